The van der Waals surface area contributed by atoms with E-state index in [9.17, 15) is 27.6 Å². The average Bonchev–Trinajstić information content (AvgIpc) is 3.19. The van der Waals surface area contributed by atoms with Crippen LogP contribution < -0.4 is 16.6 Å². The van der Waals surface area contributed by atoms with Gasteiger partial charge in [0.2, 0.25) is 0 Å². The third-order valence-corrected chi connectivity index (χ3v) is 5.50. The number of rotatable bonds is 4. The van der Waals surface area contributed by atoms with E-state index in [1.807, 2.05) is 0 Å². The second-order valence-corrected chi connectivity index (χ2v) is 7.63. The van der Waals surface area contributed by atoms with Crippen molar-refractivity contribution in [1.82, 2.24) is 9.55 Å². The number of carbonyl (C=O) groups is 1. The van der Waals surface area contributed by atoms with E-state index in [-0.39, 0.29) is 17.8 Å². The molecule has 2 aromatic carbocycles. The normalized spacial score (nSPS) is 11.6. The molecule has 31 heavy (non-hydrogen) atoms. The summed E-state index contributed by atoms with van der Waals surface area (Å²) in [5, 5.41) is 4.14. The summed E-state index contributed by atoms with van der Waals surface area (Å²) in [5.41, 5.74) is -0.472. The maximum atomic E-state index is 12.8. The van der Waals surface area contributed by atoms with Gasteiger partial charge in [-0.3, -0.25) is 14.2 Å². The largest absolute Gasteiger partial charge is 0.416 e. The predicted octanol–water partition coefficient (Wildman–Crippen LogP) is 4.07. The molecule has 0 radical (unpaired) electrons. The Hall–Kier alpha value is -3.66. The quantitative estimate of drug-likeness (QED) is 0.497. The van der Waals surface area contributed by atoms with E-state index >= 15 is 0 Å². The molecule has 0 saturated heterocycles. The number of H-pyrrole nitrogens is 1. The molecule has 0 aliphatic rings. The molecule has 0 aliphatic carbocycles. The summed E-state index contributed by atoms with van der Waals surface area (Å²) in [6, 6.07) is 12.1. The fourth-order valence-corrected chi connectivity index (χ4v) is 3.83. The first kappa shape index (κ1) is 20.6. The van der Waals surface area contributed by atoms with Crippen LogP contribution in [0.25, 0.3) is 10.2 Å². The summed E-state index contributed by atoms with van der Waals surface area (Å²) in [6.45, 7) is 0.0114. The Morgan fingerprint density at radius 1 is 1.06 bits per heavy atom. The van der Waals surface area contributed by atoms with E-state index in [2.05, 4.69) is 10.3 Å². The number of fused-ring (bicyclic) bond motifs is 1. The first-order valence-electron chi connectivity index (χ1n) is 9.00. The van der Waals surface area contributed by atoms with E-state index in [4.69, 9.17) is 0 Å². The number of hydrogen-bond acceptors (Lipinski definition) is 4. The van der Waals surface area contributed by atoms with E-state index in [1.54, 1.807) is 23.6 Å². The van der Waals surface area contributed by atoms with Crippen LogP contribution in [0.1, 0.15) is 21.5 Å². The molecular weight excluding hydrogens is 431 g/mol. The van der Waals surface area contributed by atoms with Gasteiger partial charge in [0.25, 0.3) is 11.5 Å². The Morgan fingerprint density at radius 2 is 1.81 bits per heavy atom. The molecule has 10 heteroatoms. The second-order valence-electron chi connectivity index (χ2n) is 6.71. The van der Waals surface area contributed by atoms with Crippen LogP contribution in [-0.4, -0.2) is 15.5 Å². The molecule has 2 aromatic heterocycles. The fourth-order valence-electron chi connectivity index (χ4n) is 3.04. The highest BCUT2D eigenvalue weighted by atomic mass is 32.1. The monoisotopic (exact) mass is 445 g/mol. The number of aromatic amines is 1. The average molecular weight is 445 g/mol. The number of alkyl halides is 3. The first-order valence-corrected chi connectivity index (χ1v) is 9.88. The second kappa shape index (κ2) is 7.88. The molecule has 2 N–H and O–H groups in total. The van der Waals surface area contributed by atoms with Gasteiger partial charge in [0, 0.05) is 11.3 Å². The molecule has 6 nitrogen and oxygen atoms in total. The highest BCUT2D eigenvalue weighted by Crippen LogP contribution is 2.30. The van der Waals surface area contributed by atoms with Crippen LogP contribution in [0, 0.1) is 0 Å². The number of halogens is 3. The number of hydrogen-bond donors (Lipinski definition) is 2. The summed E-state index contributed by atoms with van der Waals surface area (Å²) in [5.74, 6) is -0.583. The zero-order valence-electron chi connectivity index (χ0n) is 15.7. The third-order valence-electron chi connectivity index (χ3n) is 4.60. The number of nitrogens with one attached hydrogen (secondary N) is 2. The maximum absolute atomic E-state index is 12.8. The Balaban J connectivity index is 1.52. The van der Waals surface area contributed by atoms with Gasteiger partial charge >= 0.3 is 11.9 Å². The lowest BCUT2D eigenvalue weighted by molar-refractivity contribution is -0.137. The van der Waals surface area contributed by atoms with Crippen LogP contribution in [0.5, 0.6) is 0 Å². The van der Waals surface area contributed by atoms with E-state index in [0.29, 0.717) is 15.8 Å². The molecule has 0 aliphatic heterocycles. The van der Waals surface area contributed by atoms with Crippen molar-refractivity contribution in [3.8, 4) is 0 Å². The Kier molecular flexibility index (Phi) is 5.24. The van der Waals surface area contributed by atoms with Crippen LogP contribution >= 0.6 is 11.3 Å². The number of benzene rings is 2. The van der Waals surface area contributed by atoms with Gasteiger partial charge in [-0.15, -0.1) is 11.3 Å². The fraction of sp³-hybridized carbons (Fsp3) is 0.0952. The lowest BCUT2D eigenvalue weighted by Gasteiger charge is -2.10. The number of amides is 1. The third kappa shape index (κ3) is 4.29. The minimum absolute atomic E-state index is 0.0114. The van der Waals surface area contributed by atoms with E-state index in [1.165, 1.54) is 35.6 Å². The van der Waals surface area contributed by atoms with Crippen molar-refractivity contribution in [3.63, 3.8) is 0 Å². The standard InChI is InChI=1S/C21H14F3N3O3S/c22-21(23,24)14-2-1-3-15(10-14)25-18(28)13-6-4-12(5-7-13)11-27-19(29)17-16(8-9-31-17)26-20(27)30/h1-10H,11H2,(H,25,28)(H,26,30). The molecule has 4 aromatic rings. The highest BCUT2D eigenvalue weighted by Gasteiger charge is 2.30. The van der Waals surface area contributed by atoms with Crippen molar-refractivity contribution >= 4 is 33.1 Å². The smallest absolute Gasteiger partial charge is 0.322 e. The summed E-state index contributed by atoms with van der Waals surface area (Å²) >= 11 is 1.23. The molecule has 1 amide bonds. The lowest BCUT2D eigenvalue weighted by Crippen LogP contribution is -2.34. The van der Waals surface area contributed by atoms with Gasteiger partial charge in [-0.05, 0) is 47.3 Å². The molecule has 158 valence electrons. The number of aromatic nitrogens is 2. The molecular formula is C21H14F3N3O3S. The topological polar surface area (TPSA) is 84.0 Å². The molecule has 0 fully saturated rings. The van der Waals surface area contributed by atoms with Crippen molar-refractivity contribution in [1.29, 1.82) is 0 Å². The van der Waals surface area contributed by atoms with Gasteiger partial charge in [0.05, 0.1) is 17.6 Å². The van der Waals surface area contributed by atoms with Crippen LogP contribution in [0.4, 0.5) is 18.9 Å². The molecule has 0 unspecified atom stereocenters. The minimum Gasteiger partial charge on any atom is -0.322 e. The lowest BCUT2D eigenvalue weighted by atomic mass is 10.1. The van der Waals surface area contributed by atoms with Crippen LogP contribution in [0.2, 0.25) is 0 Å². The van der Waals surface area contributed by atoms with E-state index in [0.717, 1.165) is 16.7 Å². The molecule has 4 rings (SSSR count). The van der Waals surface area contributed by atoms with Crippen molar-refractivity contribution in [3.05, 3.63) is 97.5 Å². The Morgan fingerprint density at radius 3 is 2.52 bits per heavy atom. The van der Waals surface area contributed by atoms with Gasteiger partial charge in [-0.25, -0.2) is 4.79 Å². The van der Waals surface area contributed by atoms with Crippen molar-refractivity contribution in [2.75, 3.05) is 5.32 Å². The van der Waals surface area contributed by atoms with Crippen LogP contribution in [-0.2, 0) is 12.7 Å². The summed E-state index contributed by atoms with van der Waals surface area (Å²) in [7, 11) is 0. The number of nitrogens with zero attached hydrogens (tertiary/aromatic N) is 1. The van der Waals surface area contributed by atoms with Gasteiger partial charge < -0.3 is 10.3 Å². The summed E-state index contributed by atoms with van der Waals surface area (Å²) in [6.07, 6.45) is -4.51. The SMILES string of the molecule is O=C(Nc1cccc(C(F)(F)F)c1)c1ccc(Cn2c(=O)[nH]c3ccsc3c2=O)cc1. The highest BCUT2D eigenvalue weighted by molar-refractivity contribution is 7.17. The molecule has 0 spiro atoms. The Labute approximate surface area is 176 Å². The number of thiophene rings is 1. The van der Waals surface area contributed by atoms with Gasteiger partial charge in [-0.1, -0.05) is 18.2 Å². The summed E-state index contributed by atoms with van der Waals surface area (Å²) < 4.78 is 40.0. The van der Waals surface area contributed by atoms with Crippen molar-refractivity contribution in [2.24, 2.45) is 0 Å². The van der Waals surface area contributed by atoms with Gasteiger partial charge in [0.15, 0.2) is 0 Å². The number of anilines is 1. The predicted molar refractivity (Wildman–Crippen MR) is 112 cm³/mol. The van der Waals surface area contributed by atoms with E-state index < -0.39 is 28.9 Å². The van der Waals surface area contributed by atoms with Crippen LogP contribution in [0.3, 0.4) is 0 Å². The first-order chi connectivity index (χ1) is 14.7. The van der Waals surface area contributed by atoms with Gasteiger partial charge in [-0.2, -0.15) is 13.2 Å². The molecule has 0 atom stereocenters. The maximum Gasteiger partial charge on any atom is 0.416 e. The zero-order chi connectivity index (χ0) is 22.2. The van der Waals surface area contributed by atoms with Gasteiger partial charge in [0.1, 0.15) is 4.70 Å². The number of carbonyl (C=O) groups excluding carboxylic acids is 1. The molecule has 0 saturated carbocycles. The van der Waals surface area contributed by atoms with Crippen molar-refractivity contribution in [2.45, 2.75) is 12.7 Å². The minimum atomic E-state index is -4.51. The molecule has 2 heterocycles. The summed E-state index contributed by atoms with van der Waals surface area (Å²) in [4.78, 5) is 39.7. The van der Waals surface area contributed by atoms with Crippen LogP contribution in [0.15, 0.2) is 69.6 Å². The zero-order valence-corrected chi connectivity index (χ0v) is 16.5. The van der Waals surface area contributed by atoms with Crippen molar-refractivity contribution < 1.29 is 18.0 Å². The Bertz CT molecular complexity index is 1390. The molecule has 0 bridgehead atoms.